The molecule has 0 radical (unpaired) electrons. The largest absolute Gasteiger partial charge is 0.466 e. The fourth-order valence-electron chi connectivity index (χ4n) is 3.61. The second-order valence-corrected chi connectivity index (χ2v) is 8.33. The summed E-state index contributed by atoms with van der Waals surface area (Å²) in [7, 11) is 0. The first-order valence-corrected chi connectivity index (χ1v) is 12.3. The van der Waals surface area contributed by atoms with E-state index in [4.69, 9.17) is 18.9 Å². The van der Waals surface area contributed by atoms with E-state index in [9.17, 15) is 9.59 Å². The Morgan fingerprint density at radius 1 is 1.23 bits per heavy atom. The zero-order valence-electron chi connectivity index (χ0n) is 21.2. The Hall–Kier alpha value is -2.28. The molecule has 0 bridgehead atoms. The Morgan fingerprint density at radius 3 is 2.49 bits per heavy atom. The fraction of sp³-hybridized carbons (Fsp3) is 0.586. The summed E-state index contributed by atoms with van der Waals surface area (Å²) in [5.74, 6) is -0.280. The van der Waals surface area contributed by atoms with E-state index in [1.54, 1.807) is 18.2 Å². The Balaban J connectivity index is 0.00000150. The number of benzene rings is 1. The Morgan fingerprint density at radius 2 is 1.89 bits per heavy atom. The maximum absolute atomic E-state index is 12.0. The van der Waals surface area contributed by atoms with Gasteiger partial charge >= 0.3 is 5.97 Å². The molecule has 0 aliphatic carbocycles. The molecule has 1 aromatic carbocycles. The summed E-state index contributed by atoms with van der Waals surface area (Å²) in [5.41, 5.74) is 1.11. The maximum Gasteiger partial charge on any atom is 0.302 e. The fourth-order valence-corrected chi connectivity index (χ4v) is 3.61. The molecule has 0 aromatic heterocycles. The van der Waals surface area contributed by atoms with Gasteiger partial charge in [0.15, 0.2) is 5.78 Å². The number of carbonyl (C=O) groups excluding carboxylic acids is 2. The SMILES string of the molecule is C.C=CC.CC(=O)OCCC[C@H]1O[C@@H](C[C@H]2OCC=CC2=O)C[C@H]1OCc1ccccc1.CCC. The number of carbonyl (C=O) groups is 2. The van der Waals surface area contributed by atoms with Gasteiger partial charge in [-0.25, -0.2) is 0 Å². The van der Waals surface area contributed by atoms with Crippen molar-refractivity contribution in [1.29, 1.82) is 0 Å². The van der Waals surface area contributed by atoms with E-state index in [2.05, 4.69) is 20.4 Å². The van der Waals surface area contributed by atoms with Gasteiger partial charge in [-0.15, -0.1) is 6.58 Å². The van der Waals surface area contributed by atoms with Crippen molar-refractivity contribution in [1.82, 2.24) is 0 Å². The van der Waals surface area contributed by atoms with E-state index in [1.807, 2.05) is 37.3 Å². The highest BCUT2D eigenvalue weighted by Gasteiger charge is 2.38. The number of ketones is 1. The topological polar surface area (TPSA) is 71.1 Å². The maximum atomic E-state index is 12.0. The number of hydrogen-bond acceptors (Lipinski definition) is 6. The quantitative estimate of drug-likeness (QED) is 0.232. The number of rotatable bonds is 9. The lowest BCUT2D eigenvalue weighted by atomic mass is 10.0. The van der Waals surface area contributed by atoms with Crippen LogP contribution in [0.5, 0.6) is 0 Å². The van der Waals surface area contributed by atoms with E-state index >= 15 is 0 Å². The third kappa shape index (κ3) is 14.0. The molecule has 1 saturated heterocycles. The molecule has 2 aliphatic rings. The first kappa shape index (κ1) is 32.7. The highest BCUT2D eigenvalue weighted by molar-refractivity contribution is 5.94. The van der Waals surface area contributed by atoms with Gasteiger partial charge in [0.05, 0.1) is 38.1 Å². The van der Waals surface area contributed by atoms with Crippen LogP contribution in [0.4, 0.5) is 0 Å². The smallest absolute Gasteiger partial charge is 0.302 e. The third-order valence-electron chi connectivity index (χ3n) is 4.99. The van der Waals surface area contributed by atoms with Gasteiger partial charge in [-0.2, -0.15) is 0 Å². The van der Waals surface area contributed by atoms with Gasteiger partial charge in [-0.3, -0.25) is 9.59 Å². The van der Waals surface area contributed by atoms with Crippen LogP contribution in [0.2, 0.25) is 0 Å². The molecule has 1 fully saturated rings. The molecule has 6 heteroatoms. The van der Waals surface area contributed by atoms with Crippen LogP contribution in [0.25, 0.3) is 0 Å². The summed E-state index contributed by atoms with van der Waals surface area (Å²) in [6, 6.07) is 10.0. The molecule has 4 atom stereocenters. The van der Waals surface area contributed by atoms with Gasteiger partial charge in [-0.05, 0) is 31.4 Å². The number of allylic oxidation sites excluding steroid dienone is 1. The van der Waals surface area contributed by atoms with Crippen LogP contribution in [0.15, 0.2) is 55.1 Å². The molecule has 0 amide bonds. The molecule has 0 N–H and O–H groups in total. The summed E-state index contributed by atoms with van der Waals surface area (Å²) in [6.45, 7) is 12.3. The van der Waals surface area contributed by atoms with Gasteiger partial charge in [0, 0.05) is 19.8 Å². The van der Waals surface area contributed by atoms with E-state index in [1.165, 1.54) is 13.3 Å². The molecular formula is C29H46O6. The van der Waals surface area contributed by atoms with Gasteiger partial charge in [-0.1, -0.05) is 70.2 Å². The summed E-state index contributed by atoms with van der Waals surface area (Å²) in [6.07, 6.45) is 8.37. The molecule has 35 heavy (non-hydrogen) atoms. The molecule has 0 saturated carbocycles. The first-order chi connectivity index (χ1) is 16.4. The number of ether oxygens (including phenoxy) is 4. The van der Waals surface area contributed by atoms with Crippen LogP contribution in [-0.4, -0.2) is 49.4 Å². The predicted octanol–water partition coefficient (Wildman–Crippen LogP) is 6.23. The van der Waals surface area contributed by atoms with Crippen molar-refractivity contribution >= 4 is 11.8 Å². The number of esters is 1. The lowest BCUT2D eigenvalue weighted by Crippen LogP contribution is -2.30. The van der Waals surface area contributed by atoms with Gasteiger partial charge in [0.2, 0.25) is 0 Å². The average molecular weight is 491 g/mol. The van der Waals surface area contributed by atoms with Crippen molar-refractivity contribution in [3.8, 4) is 0 Å². The van der Waals surface area contributed by atoms with Crippen molar-refractivity contribution in [3.63, 3.8) is 0 Å². The molecular weight excluding hydrogens is 444 g/mol. The Kier molecular flexibility index (Phi) is 18.7. The zero-order chi connectivity index (χ0) is 25.2. The normalized spacial score (nSPS) is 22.6. The molecule has 3 rings (SSSR count). The monoisotopic (exact) mass is 490 g/mol. The Labute approximate surface area is 212 Å². The second-order valence-electron chi connectivity index (χ2n) is 8.33. The molecule has 6 nitrogen and oxygen atoms in total. The third-order valence-corrected chi connectivity index (χ3v) is 4.99. The van der Waals surface area contributed by atoms with Crippen molar-refractivity contribution in [2.24, 2.45) is 0 Å². The minimum Gasteiger partial charge on any atom is -0.466 e. The molecule has 0 spiro atoms. The van der Waals surface area contributed by atoms with Crippen molar-refractivity contribution < 1.29 is 28.5 Å². The summed E-state index contributed by atoms with van der Waals surface area (Å²) >= 11 is 0. The molecule has 1 aromatic rings. The summed E-state index contributed by atoms with van der Waals surface area (Å²) < 4.78 is 22.9. The van der Waals surface area contributed by atoms with Crippen LogP contribution >= 0.6 is 0 Å². The predicted molar refractivity (Wildman–Crippen MR) is 141 cm³/mol. The van der Waals surface area contributed by atoms with Crippen LogP contribution in [0.1, 0.15) is 72.8 Å². The van der Waals surface area contributed by atoms with Crippen LogP contribution in [0, 0.1) is 0 Å². The average Bonchev–Trinajstić information content (AvgIpc) is 3.20. The lowest BCUT2D eigenvalue weighted by Gasteiger charge is -2.21. The van der Waals surface area contributed by atoms with Crippen LogP contribution < -0.4 is 0 Å². The molecule has 0 unspecified atom stereocenters. The summed E-state index contributed by atoms with van der Waals surface area (Å²) in [5, 5.41) is 0. The second kappa shape index (κ2) is 20.0. The lowest BCUT2D eigenvalue weighted by molar-refractivity contribution is -0.141. The van der Waals surface area contributed by atoms with Crippen LogP contribution in [-0.2, 0) is 35.1 Å². The van der Waals surface area contributed by atoms with E-state index in [-0.39, 0.29) is 37.5 Å². The van der Waals surface area contributed by atoms with Crippen LogP contribution in [0.3, 0.4) is 0 Å². The van der Waals surface area contributed by atoms with Crippen molar-refractivity contribution in [2.75, 3.05) is 13.2 Å². The van der Waals surface area contributed by atoms with E-state index in [0.717, 1.165) is 18.4 Å². The highest BCUT2D eigenvalue weighted by Crippen LogP contribution is 2.30. The molecule has 198 valence electrons. The van der Waals surface area contributed by atoms with E-state index < -0.39 is 6.10 Å². The Bertz CT molecular complexity index is 730. The first-order valence-electron chi connectivity index (χ1n) is 12.3. The number of hydrogen-bond donors (Lipinski definition) is 0. The van der Waals surface area contributed by atoms with Gasteiger partial charge in [0.25, 0.3) is 0 Å². The standard InChI is InChI=1S/C22H28O6.C3H8.C3H6.CH4/c1-16(23)25-11-6-10-20-22(27-15-17-7-3-2-4-8-17)14-18(28-20)13-21-19(24)9-5-12-26-21;2*1-3-2;/h2-5,7-9,18,20-22H,6,10-15H2,1H3;3H2,1-2H3;3H,1H2,2H3;1H4/t18-,20+,21+,22+;;;/m0.../s1. The van der Waals surface area contributed by atoms with Crippen molar-refractivity contribution in [3.05, 3.63) is 60.7 Å². The molecule has 2 heterocycles. The minimum absolute atomic E-state index is 0. The highest BCUT2D eigenvalue weighted by atomic mass is 16.6. The zero-order valence-corrected chi connectivity index (χ0v) is 21.2. The minimum atomic E-state index is -0.440. The van der Waals surface area contributed by atoms with E-state index in [0.29, 0.717) is 32.7 Å². The summed E-state index contributed by atoms with van der Waals surface area (Å²) in [4.78, 5) is 22.9. The van der Waals surface area contributed by atoms with Gasteiger partial charge in [0.1, 0.15) is 6.10 Å². The van der Waals surface area contributed by atoms with Gasteiger partial charge < -0.3 is 18.9 Å². The van der Waals surface area contributed by atoms with Crippen molar-refractivity contribution in [2.45, 2.75) is 98.2 Å². The molecule has 2 aliphatic heterocycles.